The van der Waals surface area contributed by atoms with Crippen molar-refractivity contribution in [3.05, 3.63) is 28.8 Å². The Hall–Kier alpha value is -1.49. The van der Waals surface area contributed by atoms with Crippen molar-refractivity contribution >= 4 is 0 Å². The van der Waals surface area contributed by atoms with Crippen LogP contribution in [0, 0.1) is 25.2 Å². The molecule has 92 valence electrons. The standard InChI is InChI=1S/C15H21NO/c1-4-9-17-15-13(3)10-12(2)11-14(15)7-5-6-8-16/h10-11H,4-7,9H2,1-3H3. The lowest BCUT2D eigenvalue weighted by molar-refractivity contribution is 0.311. The van der Waals surface area contributed by atoms with E-state index in [-0.39, 0.29) is 0 Å². The molecule has 0 aromatic heterocycles. The van der Waals surface area contributed by atoms with Crippen LogP contribution in [0.3, 0.4) is 0 Å². The van der Waals surface area contributed by atoms with E-state index in [9.17, 15) is 0 Å². The molecule has 0 spiro atoms. The third kappa shape index (κ3) is 4.11. The number of aryl methyl sites for hydroxylation is 3. The number of hydrogen-bond donors (Lipinski definition) is 0. The maximum atomic E-state index is 8.58. The van der Waals surface area contributed by atoms with Crippen molar-refractivity contribution in [3.8, 4) is 11.8 Å². The van der Waals surface area contributed by atoms with Gasteiger partial charge in [0.25, 0.3) is 0 Å². The quantitative estimate of drug-likeness (QED) is 0.695. The van der Waals surface area contributed by atoms with E-state index < -0.39 is 0 Å². The van der Waals surface area contributed by atoms with Gasteiger partial charge in [-0.3, -0.25) is 0 Å². The molecular formula is C15H21NO. The fraction of sp³-hybridized carbons (Fsp3) is 0.533. The maximum absolute atomic E-state index is 8.58. The van der Waals surface area contributed by atoms with E-state index >= 15 is 0 Å². The molecule has 17 heavy (non-hydrogen) atoms. The van der Waals surface area contributed by atoms with Crippen LogP contribution in [0.5, 0.6) is 5.75 Å². The van der Waals surface area contributed by atoms with Crippen LogP contribution in [0.15, 0.2) is 12.1 Å². The Morgan fingerprint density at radius 3 is 2.71 bits per heavy atom. The third-order valence-electron chi connectivity index (χ3n) is 2.68. The Morgan fingerprint density at radius 2 is 2.06 bits per heavy atom. The average molecular weight is 231 g/mol. The number of nitriles is 1. The number of ether oxygens (including phenoxy) is 1. The van der Waals surface area contributed by atoms with Crippen molar-refractivity contribution in [2.45, 2.75) is 46.5 Å². The van der Waals surface area contributed by atoms with E-state index in [0.717, 1.165) is 31.6 Å². The zero-order valence-corrected chi connectivity index (χ0v) is 11.0. The first-order valence-electron chi connectivity index (χ1n) is 6.29. The molecule has 1 rings (SSSR count). The van der Waals surface area contributed by atoms with Crippen LogP contribution < -0.4 is 4.74 Å². The van der Waals surface area contributed by atoms with Crippen LogP contribution in [0.4, 0.5) is 0 Å². The Kier molecular flexibility index (Phi) is 5.56. The molecule has 0 atom stereocenters. The highest BCUT2D eigenvalue weighted by Gasteiger charge is 2.08. The first-order valence-corrected chi connectivity index (χ1v) is 6.29. The van der Waals surface area contributed by atoms with Gasteiger partial charge in [-0.05, 0) is 44.2 Å². The lowest BCUT2D eigenvalue weighted by Gasteiger charge is -2.14. The van der Waals surface area contributed by atoms with Crippen molar-refractivity contribution in [3.63, 3.8) is 0 Å². The highest BCUT2D eigenvalue weighted by molar-refractivity contribution is 5.44. The molecule has 0 radical (unpaired) electrons. The number of nitrogens with zero attached hydrogens (tertiary/aromatic N) is 1. The number of hydrogen-bond acceptors (Lipinski definition) is 2. The summed E-state index contributed by atoms with van der Waals surface area (Å²) in [7, 11) is 0. The molecular weight excluding hydrogens is 210 g/mol. The van der Waals surface area contributed by atoms with Crippen LogP contribution in [0.1, 0.15) is 42.9 Å². The van der Waals surface area contributed by atoms with Crippen molar-refractivity contribution in [2.24, 2.45) is 0 Å². The van der Waals surface area contributed by atoms with Gasteiger partial charge in [0.2, 0.25) is 0 Å². The molecule has 1 aromatic rings. The molecule has 2 heteroatoms. The predicted molar refractivity (Wildman–Crippen MR) is 70.3 cm³/mol. The summed E-state index contributed by atoms with van der Waals surface area (Å²) >= 11 is 0. The minimum absolute atomic E-state index is 0.611. The SMILES string of the molecule is CCCOc1c(C)cc(C)cc1CCCC#N. The summed E-state index contributed by atoms with van der Waals surface area (Å²) in [5.74, 6) is 1.02. The summed E-state index contributed by atoms with van der Waals surface area (Å²) in [6.45, 7) is 7.06. The van der Waals surface area contributed by atoms with Gasteiger partial charge in [0.1, 0.15) is 5.75 Å². The summed E-state index contributed by atoms with van der Waals surface area (Å²) in [6, 6.07) is 6.52. The normalized spacial score (nSPS) is 10.0. The molecule has 0 saturated heterocycles. The average Bonchev–Trinajstić information content (AvgIpc) is 2.28. The van der Waals surface area contributed by atoms with E-state index in [0.29, 0.717) is 6.42 Å². The molecule has 0 N–H and O–H groups in total. The van der Waals surface area contributed by atoms with Gasteiger partial charge in [0.15, 0.2) is 0 Å². The fourth-order valence-electron chi connectivity index (χ4n) is 2.00. The van der Waals surface area contributed by atoms with Crippen LogP contribution in [-0.4, -0.2) is 6.61 Å². The van der Waals surface area contributed by atoms with Gasteiger partial charge in [0.05, 0.1) is 12.7 Å². The maximum Gasteiger partial charge on any atom is 0.125 e. The van der Waals surface area contributed by atoms with Crippen LogP contribution in [-0.2, 0) is 6.42 Å². The molecule has 0 bridgehead atoms. The second-order valence-corrected chi connectivity index (χ2v) is 4.43. The van der Waals surface area contributed by atoms with Crippen molar-refractivity contribution in [2.75, 3.05) is 6.61 Å². The van der Waals surface area contributed by atoms with Gasteiger partial charge >= 0.3 is 0 Å². The third-order valence-corrected chi connectivity index (χ3v) is 2.68. The van der Waals surface area contributed by atoms with Crippen molar-refractivity contribution in [1.29, 1.82) is 5.26 Å². The Balaban J connectivity index is 2.86. The van der Waals surface area contributed by atoms with E-state index in [1.807, 2.05) is 0 Å². The van der Waals surface area contributed by atoms with Gasteiger partial charge in [0, 0.05) is 6.42 Å². The second kappa shape index (κ2) is 6.96. The molecule has 0 aliphatic heterocycles. The van der Waals surface area contributed by atoms with Gasteiger partial charge in [-0.1, -0.05) is 24.6 Å². The van der Waals surface area contributed by atoms with E-state index in [4.69, 9.17) is 10.00 Å². The van der Waals surface area contributed by atoms with Crippen LogP contribution in [0.25, 0.3) is 0 Å². The van der Waals surface area contributed by atoms with E-state index in [2.05, 4.69) is 39.0 Å². The lowest BCUT2D eigenvalue weighted by atomic mass is 10.0. The fourth-order valence-corrected chi connectivity index (χ4v) is 2.00. The number of unbranched alkanes of at least 4 members (excludes halogenated alkanes) is 1. The zero-order valence-electron chi connectivity index (χ0n) is 11.0. The van der Waals surface area contributed by atoms with Crippen LogP contribution in [0.2, 0.25) is 0 Å². The molecule has 1 aromatic carbocycles. The largest absolute Gasteiger partial charge is 0.493 e. The van der Waals surface area contributed by atoms with Crippen molar-refractivity contribution in [1.82, 2.24) is 0 Å². The van der Waals surface area contributed by atoms with Gasteiger partial charge in [-0.25, -0.2) is 0 Å². The minimum Gasteiger partial charge on any atom is -0.493 e. The van der Waals surface area contributed by atoms with Crippen molar-refractivity contribution < 1.29 is 4.74 Å². The molecule has 0 aliphatic rings. The van der Waals surface area contributed by atoms with Gasteiger partial charge in [-0.2, -0.15) is 5.26 Å². The zero-order chi connectivity index (χ0) is 12.7. The van der Waals surface area contributed by atoms with Gasteiger partial charge in [-0.15, -0.1) is 0 Å². The number of benzene rings is 1. The van der Waals surface area contributed by atoms with E-state index in [1.165, 1.54) is 16.7 Å². The summed E-state index contributed by atoms with van der Waals surface area (Å²) < 4.78 is 5.82. The highest BCUT2D eigenvalue weighted by atomic mass is 16.5. The minimum atomic E-state index is 0.611. The highest BCUT2D eigenvalue weighted by Crippen LogP contribution is 2.27. The topological polar surface area (TPSA) is 33.0 Å². The molecule has 0 fully saturated rings. The van der Waals surface area contributed by atoms with E-state index in [1.54, 1.807) is 0 Å². The summed E-state index contributed by atoms with van der Waals surface area (Å²) in [4.78, 5) is 0. The van der Waals surface area contributed by atoms with Crippen LogP contribution >= 0.6 is 0 Å². The molecule has 0 saturated carbocycles. The Bertz CT molecular complexity index is 404. The first kappa shape index (κ1) is 13.6. The van der Waals surface area contributed by atoms with Gasteiger partial charge < -0.3 is 4.74 Å². The summed E-state index contributed by atoms with van der Waals surface area (Å²) in [5.41, 5.74) is 3.70. The Morgan fingerprint density at radius 1 is 1.29 bits per heavy atom. The molecule has 0 unspecified atom stereocenters. The molecule has 0 amide bonds. The summed E-state index contributed by atoms with van der Waals surface area (Å²) in [6.07, 6.45) is 3.46. The first-order chi connectivity index (χ1) is 8.19. The Labute approximate surface area is 104 Å². The lowest BCUT2D eigenvalue weighted by Crippen LogP contribution is -2.02. The molecule has 2 nitrogen and oxygen atoms in total. The number of rotatable bonds is 6. The smallest absolute Gasteiger partial charge is 0.125 e. The summed E-state index contributed by atoms with van der Waals surface area (Å²) in [5, 5.41) is 8.58. The monoisotopic (exact) mass is 231 g/mol. The molecule has 0 heterocycles. The predicted octanol–water partition coefficient (Wildman–Crippen LogP) is 3.94. The molecule has 0 aliphatic carbocycles. The second-order valence-electron chi connectivity index (χ2n) is 4.43.